The predicted molar refractivity (Wildman–Crippen MR) is 62.2 cm³/mol. The Morgan fingerprint density at radius 1 is 1.30 bits per heavy atom. The molecule has 0 radical (unpaired) electrons. The van der Waals surface area contributed by atoms with Crippen LogP contribution in [0.3, 0.4) is 0 Å². The molecule has 1 aromatic heterocycles. The van der Waals surface area contributed by atoms with Gasteiger partial charge < -0.3 is 36.1 Å². The number of hydrogen-bond acceptors (Lipinski definition) is 8. The van der Waals surface area contributed by atoms with E-state index in [-0.39, 0.29) is 24.9 Å². The van der Waals surface area contributed by atoms with Gasteiger partial charge in [-0.1, -0.05) is 0 Å². The van der Waals surface area contributed by atoms with E-state index in [0.717, 1.165) is 0 Å². The summed E-state index contributed by atoms with van der Waals surface area (Å²) in [5, 5.41) is 37.5. The third kappa shape index (κ3) is 4.46. The Hall–Kier alpha value is -2.24. The SMILES string of the molecule is N[C@@H](CO)c1nnc(CNC(=O)NC(CO)C(=O)O)o1. The van der Waals surface area contributed by atoms with E-state index in [1.165, 1.54) is 0 Å². The number of carboxylic acid groups (broad SMARTS) is 1. The smallest absolute Gasteiger partial charge is 0.328 e. The minimum atomic E-state index is -1.41. The van der Waals surface area contributed by atoms with Gasteiger partial charge in [-0.3, -0.25) is 0 Å². The van der Waals surface area contributed by atoms with Gasteiger partial charge in [-0.15, -0.1) is 10.2 Å². The Morgan fingerprint density at radius 3 is 2.55 bits per heavy atom. The van der Waals surface area contributed by atoms with Gasteiger partial charge in [0.15, 0.2) is 6.04 Å². The van der Waals surface area contributed by atoms with Crippen LogP contribution in [0.25, 0.3) is 0 Å². The van der Waals surface area contributed by atoms with Crippen LogP contribution in [0.1, 0.15) is 17.8 Å². The molecular weight excluding hydrogens is 274 g/mol. The van der Waals surface area contributed by atoms with Crippen molar-refractivity contribution in [3.05, 3.63) is 11.8 Å². The summed E-state index contributed by atoms with van der Waals surface area (Å²) in [6, 6.07) is -3.04. The maximum absolute atomic E-state index is 11.3. The molecule has 1 unspecified atom stereocenters. The van der Waals surface area contributed by atoms with Crippen LogP contribution in [0.5, 0.6) is 0 Å². The first-order chi connectivity index (χ1) is 9.47. The van der Waals surface area contributed by atoms with Crippen molar-refractivity contribution in [2.24, 2.45) is 5.73 Å². The Labute approximate surface area is 112 Å². The molecule has 11 nitrogen and oxygen atoms in total. The van der Waals surface area contributed by atoms with Gasteiger partial charge >= 0.3 is 12.0 Å². The lowest BCUT2D eigenvalue weighted by atomic mass is 10.3. The molecule has 1 aromatic rings. The van der Waals surface area contributed by atoms with Gasteiger partial charge in [-0.2, -0.15) is 0 Å². The zero-order chi connectivity index (χ0) is 15.1. The molecule has 0 saturated heterocycles. The van der Waals surface area contributed by atoms with E-state index >= 15 is 0 Å². The van der Waals surface area contributed by atoms with Crippen molar-refractivity contribution >= 4 is 12.0 Å². The van der Waals surface area contributed by atoms with E-state index in [4.69, 9.17) is 25.5 Å². The number of aliphatic hydroxyl groups excluding tert-OH is 2. The molecule has 0 aromatic carbocycles. The van der Waals surface area contributed by atoms with E-state index in [1.54, 1.807) is 0 Å². The lowest BCUT2D eigenvalue weighted by molar-refractivity contribution is -0.140. The fourth-order valence-corrected chi connectivity index (χ4v) is 1.12. The van der Waals surface area contributed by atoms with Crippen molar-refractivity contribution in [2.45, 2.75) is 18.6 Å². The Balaban J connectivity index is 2.45. The van der Waals surface area contributed by atoms with Crippen molar-refractivity contribution in [3.8, 4) is 0 Å². The number of aliphatic hydroxyl groups is 2. The summed E-state index contributed by atoms with van der Waals surface area (Å²) in [5.74, 6) is -1.31. The highest BCUT2D eigenvalue weighted by Crippen LogP contribution is 2.07. The third-order valence-electron chi connectivity index (χ3n) is 2.18. The fraction of sp³-hybridized carbons (Fsp3) is 0.556. The normalized spacial score (nSPS) is 13.6. The number of carboxylic acids is 1. The number of aliphatic carboxylic acids is 1. The highest BCUT2D eigenvalue weighted by Gasteiger charge is 2.19. The van der Waals surface area contributed by atoms with E-state index in [9.17, 15) is 9.59 Å². The quantitative estimate of drug-likeness (QED) is 0.311. The second kappa shape index (κ2) is 7.37. The van der Waals surface area contributed by atoms with Crippen LogP contribution in [-0.2, 0) is 11.3 Å². The Kier molecular flexibility index (Phi) is 5.83. The highest BCUT2D eigenvalue weighted by molar-refractivity contribution is 5.82. The molecule has 1 rings (SSSR count). The van der Waals surface area contributed by atoms with Gasteiger partial charge in [-0.25, -0.2) is 9.59 Å². The molecule has 2 amide bonds. The average molecular weight is 289 g/mol. The Morgan fingerprint density at radius 2 is 2.00 bits per heavy atom. The maximum Gasteiger partial charge on any atom is 0.328 e. The fourth-order valence-electron chi connectivity index (χ4n) is 1.12. The molecule has 2 atom stereocenters. The van der Waals surface area contributed by atoms with Crippen LogP contribution >= 0.6 is 0 Å². The van der Waals surface area contributed by atoms with Crippen molar-refractivity contribution in [1.82, 2.24) is 20.8 Å². The van der Waals surface area contributed by atoms with Gasteiger partial charge in [-0.05, 0) is 0 Å². The number of nitrogens with zero attached hydrogens (tertiary/aromatic N) is 2. The largest absolute Gasteiger partial charge is 0.480 e. The summed E-state index contributed by atoms with van der Waals surface area (Å²) >= 11 is 0. The number of nitrogens with one attached hydrogen (secondary N) is 2. The average Bonchev–Trinajstić information content (AvgIpc) is 2.90. The molecule has 112 valence electrons. The first kappa shape index (κ1) is 15.8. The summed E-state index contributed by atoms with van der Waals surface area (Å²) in [7, 11) is 0. The van der Waals surface area contributed by atoms with Gasteiger partial charge in [0.1, 0.15) is 6.04 Å². The predicted octanol–water partition coefficient (Wildman–Crippen LogP) is -2.69. The van der Waals surface area contributed by atoms with Crippen LogP contribution in [0.15, 0.2) is 4.42 Å². The number of carbonyl (C=O) groups excluding carboxylic acids is 1. The van der Waals surface area contributed by atoms with Gasteiger partial charge in [0.2, 0.25) is 11.8 Å². The van der Waals surface area contributed by atoms with Crippen molar-refractivity contribution < 1.29 is 29.3 Å². The zero-order valence-corrected chi connectivity index (χ0v) is 10.3. The molecule has 0 aliphatic rings. The molecule has 0 bridgehead atoms. The van der Waals surface area contributed by atoms with E-state index in [0.29, 0.717) is 0 Å². The van der Waals surface area contributed by atoms with Crippen LogP contribution in [0, 0.1) is 0 Å². The molecule has 0 aliphatic heterocycles. The van der Waals surface area contributed by atoms with Crippen molar-refractivity contribution in [3.63, 3.8) is 0 Å². The number of hydrogen-bond donors (Lipinski definition) is 6. The van der Waals surface area contributed by atoms with Crippen LogP contribution < -0.4 is 16.4 Å². The monoisotopic (exact) mass is 289 g/mol. The third-order valence-corrected chi connectivity index (χ3v) is 2.18. The summed E-state index contributed by atoms with van der Waals surface area (Å²) in [6.45, 7) is -1.26. The lowest BCUT2D eigenvalue weighted by Crippen LogP contribution is -2.47. The first-order valence-electron chi connectivity index (χ1n) is 5.54. The molecule has 7 N–H and O–H groups in total. The molecular formula is C9H15N5O6. The topological polar surface area (TPSA) is 184 Å². The van der Waals surface area contributed by atoms with E-state index < -0.39 is 30.7 Å². The molecule has 1 heterocycles. The second-order valence-electron chi connectivity index (χ2n) is 3.72. The summed E-state index contributed by atoms with van der Waals surface area (Å²) in [4.78, 5) is 21.9. The van der Waals surface area contributed by atoms with E-state index in [2.05, 4.69) is 15.5 Å². The number of nitrogens with two attached hydrogens (primary N) is 1. The minimum Gasteiger partial charge on any atom is -0.480 e. The molecule has 20 heavy (non-hydrogen) atoms. The number of amides is 2. The molecule has 0 saturated carbocycles. The number of urea groups is 1. The highest BCUT2D eigenvalue weighted by atomic mass is 16.4. The summed E-state index contributed by atoms with van der Waals surface area (Å²) in [5.41, 5.74) is 5.44. The first-order valence-corrected chi connectivity index (χ1v) is 5.54. The van der Waals surface area contributed by atoms with Crippen LogP contribution in [0.2, 0.25) is 0 Å². The standard InChI is InChI=1S/C9H15N5O6/c10-4(2-15)7-14-13-6(20-7)1-11-9(19)12-5(3-16)8(17)18/h4-5,15-16H,1-3,10H2,(H,17,18)(H2,11,12,19)/t4-,5?/m0/s1. The van der Waals surface area contributed by atoms with Gasteiger partial charge in [0, 0.05) is 0 Å². The molecule has 0 aliphatic carbocycles. The second-order valence-corrected chi connectivity index (χ2v) is 3.72. The number of rotatable bonds is 7. The summed E-state index contributed by atoms with van der Waals surface area (Å²) < 4.78 is 5.05. The lowest BCUT2D eigenvalue weighted by Gasteiger charge is -2.11. The minimum absolute atomic E-state index is 0.0171. The van der Waals surface area contributed by atoms with Gasteiger partial charge in [0.25, 0.3) is 0 Å². The molecule has 11 heteroatoms. The summed E-state index contributed by atoms with van der Waals surface area (Å²) in [6.07, 6.45) is 0. The van der Waals surface area contributed by atoms with Crippen molar-refractivity contribution in [1.29, 1.82) is 0 Å². The maximum atomic E-state index is 11.3. The van der Waals surface area contributed by atoms with E-state index in [1.807, 2.05) is 5.32 Å². The zero-order valence-electron chi connectivity index (χ0n) is 10.3. The van der Waals surface area contributed by atoms with Gasteiger partial charge in [0.05, 0.1) is 19.8 Å². The molecule has 0 spiro atoms. The van der Waals surface area contributed by atoms with Crippen molar-refractivity contribution in [2.75, 3.05) is 13.2 Å². The number of carbonyl (C=O) groups is 2. The number of aromatic nitrogens is 2. The van der Waals surface area contributed by atoms with Crippen LogP contribution in [0.4, 0.5) is 4.79 Å². The Bertz CT molecular complexity index is 463. The van der Waals surface area contributed by atoms with Crippen LogP contribution in [-0.4, -0.2) is 56.8 Å². The molecule has 0 fully saturated rings.